The second kappa shape index (κ2) is 10.1. The van der Waals surface area contributed by atoms with Crippen LogP contribution in [0.1, 0.15) is 12.8 Å². The van der Waals surface area contributed by atoms with Crippen molar-refractivity contribution in [3.63, 3.8) is 0 Å². The van der Waals surface area contributed by atoms with Gasteiger partial charge in [-0.25, -0.2) is 23.1 Å². The van der Waals surface area contributed by atoms with Gasteiger partial charge in [0.15, 0.2) is 11.6 Å². The number of piperidine rings is 1. The molecule has 184 valence electrons. The van der Waals surface area contributed by atoms with Crippen molar-refractivity contribution in [2.75, 3.05) is 28.0 Å². The predicted octanol–water partition coefficient (Wildman–Crippen LogP) is 3.18. The summed E-state index contributed by atoms with van der Waals surface area (Å²) in [5.74, 6) is 0.953. The number of nitrogens with one attached hydrogen (secondary N) is 2. The van der Waals surface area contributed by atoms with Crippen LogP contribution in [-0.4, -0.2) is 47.6 Å². The second-order valence-electron chi connectivity index (χ2n) is 8.23. The third-order valence-corrected chi connectivity index (χ3v) is 7.11. The van der Waals surface area contributed by atoms with E-state index < -0.39 is 10.0 Å². The van der Waals surface area contributed by atoms with E-state index >= 15 is 0 Å². The summed E-state index contributed by atoms with van der Waals surface area (Å²) < 4.78 is 32.8. The number of hydrogen-bond acceptors (Lipinski definition) is 9. The zero-order valence-electron chi connectivity index (χ0n) is 19.1. The van der Waals surface area contributed by atoms with Gasteiger partial charge in [0.1, 0.15) is 5.69 Å². The van der Waals surface area contributed by atoms with Gasteiger partial charge in [0, 0.05) is 31.2 Å². The summed E-state index contributed by atoms with van der Waals surface area (Å²) in [5.41, 5.74) is 1.15. The van der Waals surface area contributed by atoms with Crippen LogP contribution in [0.4, 0.5) is 17.5 Å². The van der Waals surface area contributed by atoms with E-state index in [1.165, 1.54) is 24.5 Å². The highest BCUT2D eigenvalue weighted by molar-refractivity contribution is 7.92. The summed E-state index contributed by atoms with van der Waals surface area (Å²) in [4.78, 5) is 22.8. The van der Waals surface area contributed by atoms with Crippen LogP contribution in [0.2, 0.25) is 0 Å². The number of aromatic nitrogens is 4. The van der Waals surface area contributed by atoms with Crippen molar-refractivity contribution in [3.8, 4) is 11.5 Å². The van der Waals surface area contributed by atoms with Gasteiger partial charge in [-0.2, -0.15) is 0 Å². The zero-order chi connectivity index (χ0) is 25.0. The number of nitrogens with zero attached hydrogens (tertiary/aromatic N) is 5. The topological polar surface area (TPSA) is 143 Å². The highest BCUT2D eigenvalue weighted by Crippen LogP contribution is 2.25. The predicted molar refractivity (Wildman–Crippen MR) is 133 cm³/mol. The maximum atomic E-state index is 12.9. The number of carbonyl (C=O) groups excluding carboxylic acids is 1. The van der Waals surface area contributed by atoms with Crippen LogP contribution >= 0.6 is 0 Å². The lowest BCUT2D eigenvalue weighted by molar-refractivity contribution is -0.120. The van der Waals surface area contributed by atoms with Crippen LogP contribution in [0.25, 0.3) is 11.5 Å². The van der Waals surface area contributed by atoms with Crippen molar-refractivity contribution in [3.05, 3.63) is 73.3 Å². The molecule has 1 amide bonds. The second-order valence-corrected chi connectivity index (χ2v) is 9.91. The molecule has 0 saturated carbocycles. The Labute approximate surface area is 207 Å². The fourth-order valence-electron chi connectivity index (χ4n) is 3.94. The van der Waals surface area contributed by atoms with Crippen LogP contribution in [0.3, 0.4) is 0 Å². The molecule has 4 heterocycles. The number of carbonyl (C=O) groups is 1. The number of rotatable bonds is 7. The lowest BCUT2D eigenvalue weighted by Gasteiger charge is -2.32. The van der Waals surface area contributed by atoms with Crippen molar-refractivity contribution < 1.29 is 17.6 Å². The monoisotopic (exact) mass is 505 g/mol. The summed E-state index contributed by atoms with van der Waals surface area (Å²) in [6.07, 6.45) is 6.05. The third-order valence-electron chi connectivity index (χ3n) is 5.76. The third kappa shape index (κ3) is 5.33. The van der Waals surface area contributed by atoms with Gasteiger partial charge in [0.05, 0.1) is 17.1 Å². The molecule has 0 radical (unpaired) electrons. The Bertz CT molecular complexity index is 1410. The van der Waals surface area contributed by atoms with Crippen LogP contribution in [0, 0.1) is 5.92 Å². The lowest BCUT2D eigenvalue weighted by atomic mass is 9.97. The normalized spacial score (nSPS) is 15.9. The number of anilines is 3. The van der Waals surface area contributed by atoms with Crippen LogP contribution in [0.5, 0.6) is 0 Å². The Balaban J connectivity index is 1.20. The molecule has 5 rings (SSSR count). The first kappa shape index (κ1) is 23.4. The van der Waals surface area contributed by atoms with E-state index in [1.807, 2.05) is 23.1 Å². The van der Waals surface area contributed by atoms with Gasteiger partial charge in [0.25, 0.3) is 10.0 Å². The molecule has 1 aromatic carbocycles. The Hall–Kier alpha value is -4.32. The zero-order valence-corrected chi connectivity index (χ0v) is 19.9. The highest BCUT2D eigenvalue weighted by Gasteiger charge is 2.27. The van der Waals surface area contributed by atoms with Crippen molar-refractivity contribution in [2.45, 2.75) is 17.7 Å². The largest absolute Gasteiger partial charge is 0.463 e. The molecule has 2 N–H and O–H groups in total. The molecule has 1 fully saturated rings. The highest BCUT2D eigenvalue weighted by atomic mass is 32.2. The minimum Gasteiger partial charge on any atom is -0.463 e. The summed E-state index contributed by atoms with van der Waals surface area (Å²) in [6, 6.07) is 14.9. The number of furan rings is 1. The maximum Gasteiger partial charge on any atom is 0.264 e. The van der Waals surface area contributed by atoms with E-state index in [4.69, 9.17) is 4.42 Å². The van der Waals surface area contributed by atoms with Crippen LogP contribution < -0.4 is 14.9 Å². The molecule has 1 aliphatic heterocycles. The number of sulfonamides is 1. The van der Waals surface area contributed by atoms with Gasteiger partial charge < -0.3 is 14.6 Å². The van der Waals surface area contributed by atoms with Gasteiger partial charge >= 0.3 is 0 Å². The molecule has 3 aromatic heterocycles. The Morgan fingerprint density at radius 3 is 2.50 bits per heavy atom. The molecule has 1 atom stereocenters. The molecule has 0 aliphatic carbocycles. The quantitative estimate of drug-likeness (QED) is 0.387. The summed E-state index contributed by atoms with van der Waals surface area (Å²) in [6.45, 7) is 1.29. The van der Waals surface area contributed by atoms with E-state index in [-0.39, 0.29) is 22.7 Å². The van der Waals surface area contributed by atoms with Crippen LogP contribution in [0.15, 0.2) is 82.6 Å². The van der Waals surface area contributed by atoms with E-state index in [1.54, 1.807) is 30.5 Å². The SMILES string of the molecule is O=C(Nc1ccc(S(=O)(=O)Nc2ncccn2)cc1)C1CCCN(c2ccc(-c3ccco3)nn2)C1. The Morgan fingerprint density at radius 1 is 1.00 bits per heavy atom. The minimum absolute atomic E-state index is 0.0166. The van der Waals surface area contributed by atoms with E-state index in [0.717, 1.165) is 19.4 Å². The first-order chi connectivity index (χ1) is 17.5. The standard InChI is InChI=1S/C24H23N7O4S/c32-23(27-18-6-8-19(9-7-18)36(33,34)30-24-25-12-3-13-26-24)17-4-1-14-31(16-17)22-11-10-20(28-29-22)21-5-2-15-35-21/h2-3,5-13,15,17H,1,4,14,16H2,(H,27,32)(H,25,26,30). The van der Waals surface area contributed by atoms with Gasteiger partial charge in [-0.15, -0.1) is 10.2 Å². The van der Waals surface area contributed by atoms with Crippen molar-refractivity contribution in [1.29, 1.82) is 0 Å². The molecule has 0 spiro atoms. The molecular formula is C24H23N7O4S. The molecule has 36 heavy (non-hydrogen) atoms. The van der Waals surface area contributed by atoms with E-state index in [2.05, 4.69) is 30.2 Å². The fraction of sp³-hybridized carbons (Fsp3) is 0.208. The molecule has 1 unspecified atom stereocenters. The first-order valence-corrected chi connectivity index (χ1v) is 12.8. The lowest BCUT2D eigenvalue weighted by Crippen LogP contribution is -2.41. The summed E-state index contributed by atoms with van der Waals surface area (Å²) in [7, 11) is -3.85. The first-order valence-electron chi connectivity index (χ1n) is 11.3. The fourth-order valence-corrected chi connectivity index (χ4v) is 4.90. The molecule has 1 aliphatic rings. The van der Waals surface area contributed by atoms with Gasteiger partial charge in [-0.3, -0.25) is 4.79 Å². The Morgan fingerprint density at radius 2 is 1.81 bits per heavy atom. The van der Waals surface area contributed by atoms with Crippen LogP contribution in [-0.2, 0) is 14.8 Å². The number of benzene rings is 1. The number of hydrogen-bond donors (Lipinski definition) is 2. The van der Waals surface area contributed by atoms with Gasteiger partial charge in [-0.1, -0.05) is 0 Å². The van der Waals surface area contributed by atoms with E-state index in [9.17, 15) is 13.2 Å². The Kier molecular flexibility index (Phi) is 6.58. The van der Waals surface area contributed by atoms with Crippen molar-refractivity contribution in [2.24, 2.45) is 5.92 Å². The van der Waals surface area contributed by atoms with Crippen molar-refractivity contribution >= 4 is 33.4 Å². The molecule has 4 aromatic rings. The molecule has 0 bridgehead atoms. The summed E-state index contributed by atoms with van der Waals surface area (Å²) in [5, 5.41) is 11.4. The average molecular weight is 506 g/mol. The number of amides is 1. The molecule has 11 nitrogen and oxygen atoms in total. The van der Waals surface area contributed by atoms with Crippen molar-refractivity contribution in [1.82, 2.24) is 20.2 Å². The van der Waals surface area contributed by atoms with Gasteiger partial charge in [-0.05, 0) is 67.4 Å². The van der Waals surface area contributed by atoms with Gasteiger partial charge in [0.2, 0.25) is 11.9 Å². The molecule has 12 heteroatoms. The average Bonchev–Trinajstić information content (AvgIpc) is 3.45. The smallest absolute Gasteiger partial charge is 0.264 e. The minimum atomic E-state index is -3.85. The van der Waals surface area contributed by atoms with E-state index in [0.29, 0.717) is 29.5 Å². The molecule has 1 saturated heterocycles. The maximum absolute atomic E-state index is 12.9. The summed E-state index contributed by atoms with van der Waals surface area (Å²) >= 11 is 0. The molecular weight excluding hydrogens is 482 g/mol.